The van der Waals surface area contributed by atoms with Gasteiger partial charge in [-0.2, -0.15) is 13.1 Å². The summed E-state index contributed by atoms with van der Waals surface area (Å²) in [6, 6.07) is 12.0. The molecule has 0 spiro atoms. The number of carbonyl (C=O) groups excluding carboxylic acids is 2. The minimum atomic E-state index is -4.26. The predicted molar refractivity (Wildman–Crippen MR) is 108 cm³/mol. The molecule has 0 atom stereocenters. The van der Waals surface area contributed by atoms with Crippen LogP contribution in [0.25, 0.3) is 0 Å². The lowest BCUT2D eigenvalue weighted by Crippen LogP contribution is -2.42. The van der Waals surface area contributed by atoms with Crippen molar-refractivity contribution in [3.05, 3.63) is 59.9 Å². The Labute approximate surface area is 173 Å². The van der Waals surface area contributed by atoms with Crippen molar-refractivity contribution in [1.29, 1.82) is 0 Å². The molecule has 0 aliphatic carbocycles. The summed E-state index contributed by atoms with van der Waals surface area (Å²) < 4.78 is 51.6. The number of benzene rings is 2. The van der Waals surface area contributed by atoms with Gasteiger partial charge in [-0.1, -0.05) is 24.3 Å². The summed E-state index contributed by atoms with van der Waals surface area (Å²) in [5.41, 5.74) is -0.769. The van der Waals surface area contributed by atoms with Gasteiger partial charge in [-0.25, -0.2) is 18.7 Å². The van der Waals surface area contributed by atoms with Gasteiger partial charge in [0.1, 0.15) is 17.2 Å². The summed E-state index contributed by atoms with van der Waals surface area (Å²) >= 11 is 0. The van der Waals surface area contributed by atoms with Crippen molar-refractivity contribution in [2.75, 3.05) is 5.32 Å². The number of amides is 2. The van der Waals surface area contributed by atoms with Crippen molar-refractivity contribution in [2.45, 2.75) is 32.9 Å². The maximum absolute atomic E-state index is 14.2. The number of nitrogens with one attached hydrogen (secondary N) is 3. The SMILES string of the molecule is CC(C)(C)OC(=O)NS(=O)(=O)NCc1ccc(NC(=O)Oc2ccccc2)cc1F. The summed E-state index contributed by atoms with van der Waals surface area (Å²) in [5, 5.41) is 2.37. The summed E-state index contributed by atoms with van der Waals surface area (Å²) in [7, 11) is -4.26. The molecular weight excluding hydrogens is 417 g/mol. The van der Waals surface area contributed by atoms with E-state index in [9.17, 15) is 22.4 Å². The Morgan fingerprint density at radius 2 is 1.70 bits per heavy atom. The van der Waals surface area contributed by atoms with E-state index in [4.69, 9.17) is 9.47 Å². The molecule has 0 aliphatic heterocycles. The molecule has 2 amide bonds. The van der Waals surface area contributed by atoms with Crippen molar-refractivity contribution in [2.24, 2.45) is 0 Å². The highest BCUT2D eigenvalue weighted by Gasteiger charge is 2.21. The van der Waals surface area contributed by atoms with Crippen LogP contribution in [-0.4, -0.2) is 26.2 Å². The second-order valence-corrected chi connectivity index (χ2v) is 8.56. The molecule has 0 saturated carbocycles. The van der Waals surface area contributed by atoms with Gasteiger partial charge in [0.2, 0.25) is 0 Å². The molecule has 0 bridgehead atoms. The van der Waals surface area contributed by atoms with Crippen molar-refractivity contribution in [3.8, 4) is 5.75 Å². The molecule has 0 saturated heterocycles. The van der Waals surface area contributed by atoms with Gasteiger partial charge >= 0.3 is 22.4 Å². The maximum Gasteiger partial charge on any atom is 0.422 e. The molecule has 162 valence electrons. The summed E-state index contributed by atoms with van der Waals surface area (Å²) in [4.78, 5) is 23.4. The second kappa shape index (κ2) is 9.55. The van der Waals surface area contributed by atoms with Crippen LogP contribution in [0.4, 0.5) is 19.7 Å². The standard InChI is InChI=1S/C19H22FN3O6S/c1-19(2,3)29-18(25)23-30(26,27)21-12-13-9-10-14(11-16(13)20)22-17(24)28-15-7-5-4-6-8-15/h4-11,21H,12H2,1-3H3,(H,22,24)(H,23,25). The Morgan fingerprint density at radius 1 is 1.03 bits per heavy atom. The van der Waals surface area contributed by atoms with Crippen molar-refractivity contribution in [1.82, 2.24) is 9.44 Å². The maximum atomic E-state index is 14.2. The normalized spacial score (nSPS) is 11.5. The minimum Gasteiger partial charge on any atom is -0.443 e. The number of anilines is 1. The lowest BCUT2D eigenvalue weighted by atomic mass is 10.2. The van der Waals surface area contributed by atoms with Crippen molar-refractivity contribution >= 4 is 28.1 Å². The zero-order valence-electron chi connectivity index (χ0n) is 16.6. The van der Waals surface area contributed by atoms with Gasteiger partial charge in [-0.15, -0.1) is 0 Å². The van der Waals surface area contributed by atoms with Crippen LogP contribution in [-0.2, 0) is 21.5 Å². The number of hydrogen-bond acceptors (Lipinski definition) is 6. The predicted octanol–water partition coefficient (Wildman–Crippen LogP) is 3.30. The first-order valence-electron chi connectivity index (χ1n) is 8.76. The quantitative estimate of drug-likeness (QED) is 0.635. The second-order valence-electron chi connectivity index (χ2n) is 7.06. The Hall–Kier alpha value is -3.18. The molecule has 2 rings (SSSR count). The van der Waals surface area contributed by atoms with Crippen LogP contribution < -0.4 is 19.5 Å². The summed E-state index contributed by atoms with van der Waals surface area (Å²) in [6.45, 7) is 4.30. The Bertz CT molecular complexity index is 1010. The first-order valence-corrected chi connectivity index (χ1v) is 10.2. The van der Waals surface area contributed by atoms with Gasteiger partial charge < -0.3 is 9.47 Å². The van der Waals surface area contributed by atoms with Gasteiger partial charge in [0, 0.05) is 17.8 Å². The van der Waals surface area contributed by atoms with E-state index in [-0.39, 0.29) is 11.3 Å². The number of para-hydroxylation sites is 1. The topological polar surface area (TPSA) is 123 Å². The van der Waals surface area contributed by atoms with E-state index in [0.717, 1.165) is 6.07 Å². The van der Waals surface area contributed by atoms with Crippen LogP contribution in [0.2, 0.25) is 0 Å². The molecule has 2 aromatic carbocycles. The molecule has 0 aliphatic rings. The first kappa shape index (κ1) is 23.1. The zero-order valence-corrected chi connectivity index (χ0v) is 17.4. The number of hydrogen-bond donors (Lipinski definition) is 3. The Morgan fingerprint density at radius 3 is 2.30 bits per heavy atom. The number of rotatable bonds is 6. The van der Waals surface area contributed by atoms with E-state index < -0.39 is 40.4 Å². The fourth-order valence-electron chi connectivity index (χ4n) is 2.12. The summed E-state index contributed by atoms with van der Waals surface area (Å²) in [6.07, 6.45) is -1.97. The van der Waals surface area contributed by atoms with Crippen LogP contribution in [0, 0.1) is 5.82 Å². The lowest BCUT2D eigenvalue weighted by molar-refractivity contribution is 0.0569. The molecular formula is C19H22FN3O6S. The van der Waals surface area contributed by atoms with E-state index in [0.29, 0.717) is 5.75 Å². The molecule has 30 heavy (non-hydrogen) atoms. The van der Waals surface area contributed by atoms with E-state index in [1.165, 1.54) is 12.1 Å². The van der Waals surface area contributed by atoms with Crippen LogP contribution in [0.1, 0.15) is 26.3 Å². The average molecular weight is 439 g/mol. The largest absolute Gasteiger partial charge is 0.443 e. The van der Waals surface area contributed by atoms with Gasteiger partial charge in [0.15, 0.2) is 0 Å². The van der Waals surface area contributed by atoms with Gasteiger partial charge in [-0.05, 0) is 45.0 Å². The molecule has 0 aromatic heterocycles. The van der Waals surface area contributed by atoms with Gasteiger partial charge in [-0.3, -0.25) is 5.32 Å². The number of halogens is 1. The molecule has 9 nitrogen and oxygen atoms in total. The van der Waals surface area contributed by atoms with Crippen LogP contribution in [0.3, 0.4) is 0 Å². The highest BCUT2D eigenvalue weighted by Crippen LogP contribution is 2.16. The zero-order chi connectivity index (χ0) is 22.4. The monoisotopic (exact) mass is 439 g/mol. The fraction of sp³-hybridized carbons (Fsp3) is 0.263. The summed E-state index contributed by atoms with van der Waals surface area (Å²) in [5.74, 6) is -0.452. The highest BCUT2D eigenvalue weighted by atomic mass is 32.2. The van der Waals surface area contributed by atoms with Crippen LogP contribution in [0.5, 0.6) is 5.75 Å². The van der Waals surface area contributed by atoms with Gasteiger partial charge in [0.25, 0.3) is 0 Å². The molecule has 2 aromatic rings. The van der Waals surface area contributed by atoms with E-state index >= 15 is 0 Å². The van der Waals surface area contributed by atoms with Gasteiger partial charge in [0.05, 0.1) is 0 Å². The minimum absolute atomic E-state index is 0.00783. The molecule has 0 unspecified atom stereocenters. The molecule has 0 heterocycles. The molecule has 11 heteroatoms. The van der Waals surface area contributed by atoms with E-state index in [2.05, 4.69) is 5.32 Å². The molecule has 0 fully saturated rings. The molecule has 3 N–H and O–H groups in total. The highest BCUT2D eigenvalue weighted by molar-refractivity contribution is 7.88. The third-order valence-corrected chi connectivity index (χ3v) is 4.28. The van der Waals surface area contributed by atoms with Crippen molar-refractivity contribution in [3.63, 3.8) is 0 Å². The average Bonchev–Trinajstić information content (AvgIpc) is 2.59. The molecule has 0 radical (unpaired) electrons. The Kier molecular flexibility index (Phi) is 7.35. The smallest absolute Gasteiger partial charge is 0.422 e. The van der Waals surface area contributed by atoms with Crippen LogP contribution >= 0.6 is 0 Å². The first-order chi connectivity index (χ1) is 13.9. The van der Waals surface area contributed by atoms with Crippen LogP contribution in [0.15, 0.2) is 48.5 Å². The Balaban J connectivity index is 1.92. The van der Waals surface area contributed by atoms with E-state index in [1.54, 1.807) is 55.8 Å². The number of carbonyl (C=O) groups is 2. The third kappa shape index (κ3) is 8.05. The van der Waals surface area contributed by atoms with E-state index in [1.807, 2.05) is 4.72 Å². The van der Waals surface area contributed by atoms with Crippen molar-refractivity contribution < 1.29 is 31.9 Å². The fourth-order valence-corrected chi connectivity index (χ4v) is 2.80. The number of ether oxygens (including phenoxy) is 2. The lowest BCUT2D eigenvalue weighted by Gasteiger charge is -2.19. The third-order valence-electron chi connectivity index (χ3n) is 3.32.